The van der Waals surface area contributed by atoms with Crippen molar-refractivity contribution in [3.8, 4) is 0 Å². The number of anilines is 2. The second-order valence-corrected chi connectivity index (χ2v) is 9.80. The van der Waals surface area contributed by atoms with Crippen molar-refractivity contribution < 1.29 is 18.0 Å². The molecule has 0 aliphatic carbocycles. The number of thioether (sulfide) groups is 2. The lowest BCUT2D eigenvalue weighted by atomic mass is 10.00. The van der Waals surface area contributed by atoms with E-state index in [0.717, 1.165) is 37.6 Å². The van der Waals surface area contributed by atoms with Gasteiger partial charge in [0.05, 0.1) is 24.2 Å². The van der Waals surface area contributed by atoms with E-state index in [0.29, 0.717) is 40.0 Å². The maximum atomic E-state index is 12.8. The highest BCUT2D eigenvalue weighted by atomic mass is 32.2. The van der Waals surface area contributed by atoms with Crippen molar-refractivity contribution in [2.75, 3.05) is 29.1 Å². The zero-order valence-corrected chi connectivity index (χ0v) is 19.7. The molecule has 1 amide bonds. The highest BCUT2D eigenvalue weighted by Crippen LogP contribution is 2.32. The number of hydrogen-bond donors (Lipinski definition) is 1. The van der Waals surface area contributed by atoms with Crippen LogP contribution in [0.25, 0.3) is 0 Å². The molecule has 1 aliphatic rings. The molecule has 3 aromatic rings. The molecule has 4 rings (SSSR count). The topological polar surface area (TPSA) is 76.2 Å². The van der Waals surface area contributed by atoms with Crippen molar-refractivity contribution in [3.05, 3.63) is 48.4 Å². The van der Waals surface area contributed by atoms with Crippen molar-refractivity contribution >= 4 is 41.1 Å². The SMILES string of the molecule is CC1CCN(c2nnc(SCC(=O)Nc3ccccc3SC(F)F)n2Cc2ccco2)CC1. The van der Waals surface area contributed by atoms with Crippen LogP contribution in [0.3, 0.4) is 0 Å². The molecule has 0 unspecified atom stereocenters. The van der Waals surface area contributed by atoms with E-state index in [1.165, 1.54) is 11.8 Å². The first-order chi connectivity index (χ1) is 16.0. The van der Waals surface area contributed by atoms with Gasteiger partial charge in [-0.3, -0.25) is 9.36 Å². The van der Waals surface area contributed by atoms with Crippen LogP contribution in [0.15, 0.2) is 57.1 Å². The number of rotatable bonds is 9. The Morgan fingerprint density at radius 2 is 2.00 bits per heavy atom. The maximum Gasteiger partial charge on any atom is 0.288 e. The zero-order valence-electron chi connectivity index (χ0n) is 18.1. The van der Waals surface area contributed by atoms with Crippen molar-refractivity contribution in [1.82, 2.24) is 14.8 Å². The van der Waals surface area contributed by atoms with Crippen LogP contribution in [0, 0.1) is 5.92 Å². The van der Waals surface area contributed by atoms with Crippen LogP contribution in [0.5, 0.6) is 0 Å². The van der Waals surface area contributed by atoms with Crippen LogP contribution in [-0.4, -0.2) is 45.3 Å². The van der Waals surface area contributed by atoms with Gasteiger partial charge in [0.25, 0.3) is 5.76 Å². The predicted octanol–water partition coefficient (Wildman–Crippen LogP) is 5.20. The number of alkyl halides is 2. The van der Waals surface area contributed by atoms with E-state index in [2.05, 4.69) is 27.3 Å². The number of aromatic nitrogens is 3. The predicted molar refractivity (Wildman–Crippen MR) is 126 cm³/mol. The minimum Gasteiger partial charge on any atom is -0.467 e. The third kappa shape index (κ3) is 6.29. The average molecular weight is 494 g/mol. The van der Waals surface area contributed by atoms with Gasteiger partial charge in [0, 0.05) is 18.0 Å². The number of piperidine rings is 1. The standard InChI is InChI=1S/C22H25F2N5O2S2/c1-15-8-10-28(11-9-15)21-26-27-22(29(21)13-16-5-4-12-31-16)32-14-19(30)25-17-6-2-3-7-18(17)33-20(23)24/h2-7,12,15,20H,8-11,13-14H2,1H3,(H,25,30). The molecule has 1 aromatic carbocycles. The van der Waals surface area contributed by atoms with Gasteiger partial charge in [-0.2, -0.15) is 8.78 Å². The number of furan rings is 1. The summed E-state index contributed by atoms with van der Waals surface area (Å²) in [7, 11) is 0. The lowest BCUT2D eigenvalue weighted by Gasteiger charge is -2.31. The first-order valence-corrected chi connectivity index (χ1v) is 12.5. The second-order valence-electron chi connectivity index (χ2n) is 7.83. The molecule has 7 nitrogen and oxygen atoms in total. The van der Waals surface area contributed by atoms with Gasteiger partial charge in [0.15, 0.2) is 5.16 Å². The minimum absolute atomic E-state index is 0.0704. The zero-order chi connectivity index (χ0) is 23.2. The number of nitrogens with zero attached hydrogens (tertiary/aromatic N) is 4. The van der Waals surface area contributed by atoms with Gasteiger partial charge in [-0.05, 0) is 43.0 Å². The summed E-state index contributed by atoms with van der Waals surface area (Å²) in [5.74, 6) is -0.574. The molecule has 0 atom stereocenters. The van der Waals surface area contributed by atoms with Crippen molar-refractivity contribution in [2.45, 2.75) is 42.1 Å². The number of carbonyl (C=O) groups excluding carboxylic acids is 1. The van der Waals surface area contributed by atoms with Crippen LogP contribution in [0.1, 0.15) is 25.5 Å². The molecule has 1 saturated heterocycles. The molecule has 0 radical (unpaired) electrons. The molecule has 1 fully saturated rings. The molecule has 0 spiro atoms. The summed E-state index contributed by atoms with van der Waals surface area (Å²) < 4.78 is 33.1. The van der Waals surface area contributed by atoms with E-state index in [-0.39, 0.29) is 11.7 Å². The van der Waals surface area contributed by atoms with Crippen LogP contribution >= 0.6 is 23.5 Å². The van der Waals surface area contributed by atoms with E-state index < -0.39 is 5.76 Å². The number of carbonyl (C=O) groups is 1. The summed E-state index contributed by atoms with van der Waals surface area (Å²) in [6, 6.07) is 10.3. The Morgan fingerprint density at radius 1 is 1.21 bits per heavy atom. The average Bonchev–Trinajstić information content (AvgIpc) is 3.44. The number of benzene rings is 1. The van der Waals surface area contributed by atoms with Gasteiger partial charge in [-0.15, -0.1) is 10.2 Å². The summed E-state index contributed by atoms with van der Waals surface area (Å²) in [6.07, 6.45) is 3.81. The number of hydrogen-bond acceptors (Lipinski definition) is 7. The van der Waals surface area contributed by atoms with E-state index in [1.807, 2.05) is 16.7 Å². The minimum atomic E-state index is -2.56. The number of nitrogens with one attached hydrogen (secondary N) is 1. The largest absolute Gasteiger partial charge is 0.467 e. The number of amides is 1. The highest BCUT2D eigenvalue weighted by Gasteiger charge is 2.24. The fourth-order valence-corrected chi connectivity index (χ4v) is 4.94. The van der Waals surface area contributed by atoms with Gasteiger partial charge in [-0.25, -0.2) is 0 Å². The first kappa shape index (κ1) is 23.6. The number of halogens is 2. The summed E-state index contributed by atoms with van der Waals surface area (Å²) in [6.45, 7) is 4.52. The van der Waals surface area contributed by atoms with Crippen LogP contribution in [0.4, 0.5) is 20.4 Å². The van der Waals surface area contributed by atoms with Gasteiger partial charge >= 0.3 is 0 Å². The van der Waals surface area contributed by atoms with E-state index in [1.54, 1.807) is 30.5 Å². The quantitative estimate of drug-likeness (QED) is 0.411. The maximum absolute atomic E-state index is 12.8. The van der Waals surface area contributed by atoms with Crippen molar-refractivity contribution in [3.63, 3.8) is 0 Å². The second kappa shape index (κ2) is 11.1. The van der Waals surface area contributed by atoms with Gasteiger partial charge in [0.2, 0.25) is 11.9 Å². The van der Waals surface area contributed by atoms with E-state index >= 15 is 0 Å². The Labute approximate surface area is 199 Å². The Hall–Kier alpha value is -2.53. The molecule has 0 saturated carbocycles. The van der Waals surface area contributed by atoms with Gasteiger partial charge in [0.1, 0.15) is 5.76 Å². The molecule has 1 N–H and O–H groups in total. The fourth-order valence-electron chi connectivity index (χ4n) is 3.61. The summed E-state index contributed by atoms with van der Waals surface area (Å²) >= 11 is 1.66. The van der Waals surface area contributed by atoms with Crippen LogP contribution in [-0.2, 0) is 11.3 Å². The van der Waals surface area contributed by atoms with E-state index in [4.69, 9.17) is 4.42 Å². The fraction of sp³-hybridized carbons (Fsp3) is 0.409. The molecular weight excluding hydrogens is 468 g/mol. The lowest BCUT2D eigenvalue weighted by Crippen LogP contribution is -2.35. The summed E-state index contributed by atoms with van der Waals surface area (Å²) in [5, 5.41) is 12.1. The van der Waals surface area contributed by atoms with Crippen molar-refractivity contribution in [2.24, 2.45) is 5.92 Å². The van der Waals surface area contributed by atoms with Gasteiger partial charge < -0.3 is 14.6 Å². The molecule has 1 aliphatic heterocycles. The Kier molecular flexibility index (Phi) is 7.92. The molecule has 11 heteroatoms. The molecular formula is C22H25F2N5O2S2. The van der Waals surface area contributed by atoms with Crippen LogP contribution in [0.2, 0.25) is 0 Å². The third-order valence-corrected chi connectivity index (χ3v) is 7.12. The third-order valence-electron chi connectivity index (χ3n) is 5.37. The normalized spacial score (nSPS) is 14.7. The molecule has 33 heavy (non-hydrogen) atoms. The first-order valence-electron chi connectivity index (χ1n) is 10.7. The molecule has 2 aromatic heterocycles. The Bertz CT molecular complexity index is 1050. The Balaban J connectivity index is 1.46. The summed E-state index contributed by atoms with van der Waals surface area (Å²) in [5.41, 5.74) is 0.369. The van der Waals surface area contributed by atoms with Gasteiger partial charge in [-0.1, -0.05) is 42.6 Å². The van der Waals surface area contributed by atoms with Crippen LogP contribution < -0.4 is 10.2 Å². The molecule has 0 bridgehead atoms. The number of para-hydroxylation sites is 1. The van der Waals surface area contributed by atoms with E-state index in [9.17, 15) is 13.6 Å². The van der Waals surface area contributed by atoms with Crippen molar-refractivity contribution in [1.29, 1.82) is 0 Å². The Morgan fingerprint density at radius 3 is 2.73 bits per heavy atom. The lowest BCUT2D eigenvalue weighted by molar-refractivity contribution is -0.113. The molecule has 176 valence electrons. The summed E-state index contributed by atoms with van der Waals surface area (Å²) in [4.78, 5) is 15.1. The molecule has 3 heterocycles. The monoisotopic (exact) mass is 493 g/mol. The highest BCUT2D eigenvalue weighted by molar-refractivity contribution is 8.00. The smallest absolute Gasteiger partial charge is 0.288 e.